The average Bonchev–Trinajstić information content (AvgIpc) is 2.57. The van der Waals surface area contributed by atoms with Crippen LogP contribution in [0.25, 0.3) is 5.73 Å². The van der Waals surface area contributed by atoms with E-state index in [-0.39, 0.29) is 29.7 Å². The zero-order chi connectivity index (χ0) is 22.4. The summed E-state index contributed by atoms with van der Waals surface area (Å²) in [5.41, 5.74) is 8.31. The second kappa shape index (κ2) is 9.78. The SMILES string of the molecule is CC(C)(C)[NH-].CC1=CC(C(=O)O)=NCN1C(C)c1ccc(OCC(F)(F)F)cc1. The molecule has 1 aromatic carbocycles. The second-order valence-electron chi connectivity index (χ2n) is 7.64. The third-order valence-electron chi connectivity index (χ3n) is 3.64. The third-order valence-corrected chi connectivity index (χ3v) is 3.64. The van der Waals surface area contributed by atoms with Crippen molar-refractivity contribution in [1.82, 2.24) is 4.90 Å². The molecule has 1 aliphatic heterocycles. The number of carboxylic acids is 1. The van der Waals surface area contributed by atoms with Crippen LogP contribution in [0.1, 0.15) is 46.2 Å². The third kappa shape index (κ3) is 9.47. The highest BCUT2D eigenvalue weighted by atomic mass is 19.4. The summed E-state index contributed by atoms with van der Waals surface area (Å²) in [5, 5.41) is 8.95. The summed E-state index contributed by atoms with van der Waals surface area (Å²) in [4.78, 5) is 16.8. The van der Waals surface area contributed by atoms with Crippen LogP contribution in [0.3, 0.4) is 0 Å². The number of hydrogen-bond donors (Lipinski definition) is 1. The molecule has 0 saturated heterocycles. The van der Waals surface area contributed by atoms with Gasteiger partial charge in [-0.3, -0.25) is 4.99 Å². The van der Waals surface area contributed by atoms with Gasteiger partial charge in [-0.05, 0) is 37.6 Å². The van der Waals surface area contributed by atoms with Crippen LogP contribution in [0.2, 0.25) is 0 Å². The lowest BCUT2D eigenvalue weighted by Gasteiger charge is -2.33. The molecule has 1 unspecified atom stereocenters. The minimum absolute atomic E-state index is 0.00634. The molecule has 2 N–H and O–H groups in total. The van der Waals surface area contributed by atoms with Gasteiger partial charge in [0.1, 0.15) is 18.1 Å². The average molecular weight is 414 g/mol. The van der Waals surface area contributed by atoms with Crippen molar-refractivity contribution in [2.75, 3.05) is 13.3 Å². The van der Waals surface area contributed by atoms with Crippen LogP contribution in [-0.2, 0) is 4.79 Å². The maximum Gasteiger partial charge on any atom is 0.422 e. The molecule has 1 aliphatic rings. The number of nitrogens with one attached hydrogen (secondary N) is 1. The number of allylic oxidation sites excluding steroid dienone is 1. The first kappa shape index (κ1) is 24.5. The van der Waals surface area contributed by atoms with Crippen molar-refractivity contribution >= 4 is 11.7 Å². The van der Waals surface area contributed by atoms with Gasteiger partial charge in [0.25, 0.3) is 0 Å². The van der Waals surface area contributed by atoms with Gasteiger partial charge in [0.15, 0.2) is 6.61 Å². The molecule has 29 heavy (non-hydrogen) atoms. The summed E-state index contributed by atoms with van der Waals surface area (Å²) in [6.07, 6.45) is -2.88. The van der Waals surface area contributed by atoms with E-state index in [4.69, 9.17) is 10.8 Å². The van der Waals surface area contributed by atoms with Crippen molar-refractivity contribution in [1.29, 1.82) is 0 Å². The van der Waals surface area contributed by atoms with Gasteiger partial charge < -0.3 is 20.5 Å². The summed E-state index contributed by atoms with van der Waals surface area (Å²) in [7, 11) is 0. The van der Waals surface area contributed by atoms with Crippen LogP contribution in [0.15, 0.2) is 41.0 Å². The number of nitrogens with zero attached hydrogens (tertiary/aromatic N) is 2. The smallest absolute Gasteiger partial charge is 0.422 e. The zero-order valence-corrected chi connectivity index (χ0v) is 17.2. The van der Waals surface area contributed by atoms with Gasteiger partial charge in [0.2, 0.25) is 0 Å². The molecular weight excluding hydrogens is 387 g/mol. The van der Waals surface area contributed by atoms with E-state index in [0.29, 0.717) is 0 Å². The monoisotopic (exact) mass is 414 g/mol. The molecule has 0 bridgehead atoms. The van der Waals surface area contributed by atoms with Gasteiger partial charge in [-0.1, -0.05) is 32.9 Å². The summed E-state index contributed by atoms with van der Waals surface area (Å²) >= 11 is 0. The maximum atomic E-state index is 12.1. The summed E-state index contributed by atoms with van der Waals surface area (Å²) in [5.74, 6) is -0.937. The molecule has 0 spiro atoms. The minimum Gasteiger partial charge on any atom is -0.673 e. The van der Waals surface area contributed by atoms with Crippen LogP contribution in [0, 0.1) is 0 Å². The van der Waals surface area contributed by atoms with Crippen LogP contribution in [0.5, 0.6) is 5.75 Å². The summed E-state index contributed by atoms with van der Waals surface area (Å²) in [6.45, 7) is 8.13. The number of alkyl halides is 3. The lowest BCUT2D eigenvalue weighted by atomic mass is 10.1. The first-order valence-corrected chi connectivity index (χ1v) is 8.94. The van der Waals surface area contributed by atoms with Crippen molar-refractivity contribution < 1.29 is 27.8 Å². The van der Waals surface area contributed by atoms with E-state index in [9.17, 15) is 18.0 Å². The van der Waals surface area contributed by atoms with E-state index in [1.807, 2.05) is 32.6 Å². The molecule has 1 atom stereocenters. The molecule has 0 aromatic heterocycles. The molecule has 9 heteroatoms. The lowest BCUT2D eigenvalue weighted by molar-refractivity contribution is -0.153. The van der Waals surface area contributed by atoms with Gasteiger partial charge in [0.05, 0.1) is 6.04 Å². The number of hydrogen-bond acceptors (Lipinski definition) is 4. The van der Waals surface area contributed by atoms with Crippen molar-refractivity contribution in [3.8, 4) is 5.75 Å². The normalized spacial score (nSPS) is 15.6. The van der Waals surface area contributed by atoms with E-state index in [0.717, 1.165) is 11.3 Å². The number of halogens is 3. The number of ether oxygens (including phenoxy) is 1. The van der Waals surface area contributed by atoms with Crippen LogP contribution >= 0.6 is 0 Å². The van der Waals surface area contributed by atoms with Gasteiger partial charge in [-0.25, -0.2) is 4.79 Å². The molecule has 1 heterocycles. The van der Waals surface area contributed by atoms with Gasteiger partial charge in [-0.15, -0.1) is 5.54 Å². The van der Waals surface area contributed by atoms with Crippen LogP contribution in [0.4, 0.5) is 13.2 Å². The maximum absolute atomic E-state index is 12.1. The Kier molecular flexibility index (Phi) is 8.25. The van der Waals surface area contributed by atoms with Gasteiger partial charge in [0, 0.05) is 5.70 Å². The van der Waals surface area contributed by atoms with Crippen LogP contribution < -0.4 is 4.74 Å². The molecule has 2 rings (SSSR count). The number of rotatable bonds is 5. The standard InChI is InChI=1S/C16H17F3N2O3.C4H10N/c1-10-7-14(15(22)23)20-9-21(10)11(2)12-3-5-13(6-4-12)24-8-16(17,18)19;1-4(2,3)5/h3-7,11H,8-9H2,1-2H3,(H,22,23);5H,1-3H3/q;-1. The highest BCUT2D eigenvalue weighted by Gasteiger charge is 2.28. The van der Waals surface area contributed by atoms with Crippen molar-refractivity contribution in [3.05, 3.63) is 47.3 Å². The molecule has 162 valence electrons. The Morgan fingerprint density at radius 1 is 1.28 bits per heavy atom. The van der Waals surface area contributed by atoms with E-state index < -0.39 is 18.8 Å². The van der Waals surface area contributed by atoms with Crippen LogP contribution in [-0.4, -0.2) is 46.7 Å². The number of carboxylic acid groups (broad SMARTS) is 1. The predicted molar refractivity (Wildman–Crippen MR) is 106 cm³/mol. The highest BCUT2D eigenvalue weighted by molar-refractivity contribution is 6.40. The Labute approximate surface area is 168 Å². The Balaban J connectivity index is 0.000000749. The van der Waals surface area contributed by atoms with Crippen molar-refractivity contribution in [2.45, 2.75) is 52.4 Å². The largest absolute Gasteiger partial charge is 0.673 e. The zero-order valence-electron chi connectivity index (χ0n) is 17.2. The van der Waals surface area contributed by atoms with Crippen molar-refractivity contribution in [3.63, 3.8) is 0 Å². The quantitative estimate of drug-likeness (QED) is 0.715. The number of benzene rings is 1. The Bertz CT molecular complexity index is 745. The summed E-state index contributed by atoms with van der Waals surface area (Å²) in [6, 6.07) is 6.20. The molecule has 0 aliphatic carbocycles. The molecule has 0 saturated carbocycles. The molecule has 6 nitrogen and oxygen atoms in total. The Morgan fingerprint density at radius 3 is 2.21 bits per heavy atom. The fourth-order valence-electron chi connectivity index (χ4n) is 2.34. The van der Waals surface area contributed by atoms with E-state index in [2.05, 4.69) is 9.73 Å². The van der Waals surface area contributed by atoms with E-state index >= 15 is 0 Å². The fourth-order valence-corrected chi connectivity index (χ4v) is 2.34. The Hall–Kier alpha value is -2.55. The van der Waals surface area contributed by atoms with E-state index in [1.165, 1.54) is 18.2 Å². The topological polar surface area (TPSA) is 85.9 Å². The molecule has 0 fully saturated rings. The first-order valence-electron chi connectivity index (χ1n) is 8.94. The molecule has 0 radical (unpaired) electrons. The highest BCUT2D eigenvalue weighted by Crippen LogP contribution is 2.27. The van der Waals surface area contributed by atoms with Gasteiger partial charge in [-0.2, -0.15) is 13.2 Å². The fraction of sp³-hybridized carbons (Fsp3) is 0.500. The van der Waals surface area contributed by atoms with Gasteiger partial charge >= 0.3 is 12.1 Å². The first-order chi connectivity index (χ1) is 13.2. The summed E-state index contributed by atoms with van der Waals surface area (Å²) < 4.78 is 41.1. The minimum atomic E-state index is -4.37. The molecule has 0 amide bonds. The predicted octanol–water partition coefficient (Wildman–Crippen LogP) is 5.23. The molecule has 1 aromatic rings. The Morgan fingerprint density at radius 2 is 1.79 bits per heavy atom. The number of aliphatic carboxylic acids is 1. The van der Waals surface area contributed by atoms with E-state index in [1.54, 1.807) is 19.1 Å². The molecular formula is C20H27F3N3O3-. The number of carbonyl (C=O) groups is 1. The number of aliphatic imine (C=N–C) groups is 1. The second-order valence-corrected chi connectivity index (χ2v) is 7.64. The lowest BCUT2D eigenvalue weighted by Crippen LogP contribution is -2.31. The van der Waals surface area contributed by atoms with Crippen molar-refractivity contribution in [2.24, 2.45) is 4.99 Å².